The van der Waals surface area contributed by atoms with Gasteiger partial charge in [-0.05, 0) is 30.7 Å². The van der Waals surface area contributed by atoms with Crippen LogP contribution in [0.15, 0.2) is 28.7 Å². The van der Waals surface area contributed by atoms with Gasteiger partial charge in [-0.25, -0.2) is 10.2 Å². The van der Waals surface area contributed by atoms with E-state index in [9.17, 15) is 4.57 Å². The monoisotopic (exact) mass is 289 g/mol. The average molecular weight is 290 g/mol. The summed E-state index contributed by atoms with van der Waals surface area (Å²) in [6.07, 6.45) is 1.01. The molecule has 1 aliphatic heterocycles. The van der Waals surface area contributed by atoms with Gasteiger partial charge in [0.15, 0.2) is 0 Å². The van der Waals surface area contributed by atoms with E-state index in [1.54, 1.807) is 0 Å². The zero-order chi connectivity index (χ0) is 10.7. The topological polar surface area (TPSA) is 53.2 Å². The molecule has 0 atom stereocenters. The molecule has 0 aliphatic carbocycles. The summed E-state index contributed by atoms with van der Waals surface area (Å²) in [4.78, 5) is 0. The van der Waals surface area contributed by atoms with Crippen molar-refractivity contribution >= 4 is 29.2 Å². The first kappa shape index (κ1) is 11.1. The number of hydrogen-bond donors (Lipinski definition) is 3. The Morgan fingerprint density at radius 2 is 1.80 bits per heavy atom. The molecule has 1 aromatic rings. The predicted octanol–water partition coefficient (Wildman–Crippen LogP) is 2.55. The van der Waals surface area contributed by atoms with E-state index in [1.165, 1.54) is 0 Å². The van der Waals surface area contributed by atoms with Gasteiger partial charge < -0.3 is 5.09 Å². The standard InChI is InChI=1S/C9H13BrN3OP/c10-8-2-4-9(5-3-8)13-15(14)11-6-1-7-12-15/h2-5H,1,6-7H2,(H3,11,12,13,14). The van der Waals surface area contributed by atoms with Crippen LogP contribution in [0.5, 0.6) is 0 Å². The van der Waals surface area contributed by atoms with Crippen LogP contribution in [0.3, 0.4) is 0 Å². The highest BCUT2D eigenvalue weighted by molar-refractivity contribution is 9.10. The first-order valence-electron chi connectivity index (χ1n) is 4.82. The first-order valence-corrected chi connectivity index (χ1v) is 7.32. The molecule has 0 aromatic heterocycles. The van der Waals surface area contributed by atoms with Crippen LogP contribution in [-0.4, -0.2) is 13.1 Å². The fourth-order valence-electron chi connectivity index (χ4n) is 1.40. The SMILES string of the molecule is O=P1(Nc2ccc(Br)cc2)NCCCN1. The van der Waals surface area contributed by atoms with E-state index in [1.807, 2.05) is 24.3 Å². The summed E-state index contributed by atoms with van der Waals surface area (Å²) < 4.78 is 13.2. The van der Waals surface area contributed by atoms with Gasteiger partial charge in [0.05, 0.1) is 0 Å². The van der Waals surface area contributed by atoms with Crippen molar-refractivity contribution in [3.05, 3.63) is 28.7 Å². The summed E-state index contributed by atoms with van der Waals surface area (Å²) in [7, 11) is -2.62. The third-order valence-electron chi connectivity index (χ3n) is 2.15. The summed E-state index contributed by atoms with van der Waals surface area (Å²) in [5, 5.41) is 8.96. The molecule has 1 heterocycles. The summed E-state index contributed by atoms with van der Waals surface area (Å²) in [6.45, 7) is 1.57. The van der Waals surface area contributed by atoms with Crippen LogP contribution in [-0.2, 0) is 4.57 Å². The van der Waals surface area contributed by atoms with Crippen LogP contribution in [0.1, 0.15) is 6.42 Å². The molecule has 4 nitrogen and oxygen atoms in total. The average Bonchev–Trinajstić information content (AvgIpc) is 2.22. The molecule has 1 aliphatic rings. The van der Waals surface area contributed by atoms with E-state index in [4.69, 9.17) is 0 Å². The van der Waals surface area contributed by atoms with Crippen molar-refractivity contribution in [3.63, 3.8) is 0 Å². The Balaban J connectivity index is 2.07. The Morgan fingerprint density at radius 3 is 2.40 bits per heavy atom. The van der Waals surface area contributed by atoms with Crippen LogP contribution in [0.4, 0.5) is 5.69 Å². The van der Waals surface area contributed by atoms with Crippen molar-refractivity contribution < 1.29 is 4.57 Å². The molecule has 3 N–H and O–H groups in total. The molecule has 15 heavy (non-hydrogen) atoms. The highest BCUT2D eigenvalue weighted by Gasteiger charge is 2.23. The van der Waals surface area contributed by atoms with Gasteiger partial charge in [0.1, 0.15) is 0 Å². The van der Waals surface area contributed by atoms with E-state index in [-0.39, 0.29) is 0 Å². The molecule has 1 fully saturated rings. The third kappa shape index (κ3) is 3.05. The van der Waals surface area contributed by atoms with Crippen molar-refractivity contribution in [2.24, 2.45) is 0 Å². The number of hydrogen-bond acceptors (Lipinski definition) is 1. The number of rotatable bonds is 2. The van der Waals surface area contributed by atoms with Gasteiger partial charge in [-0.15, -0.1) is 0 Å². The molecular weight excluding hydrogens is 277 g/mol. The molecular formula is C9H13BrN3OP. The summed E-state index contributed by atoms with van der Waals surface area (Å²) in [6, 6.07) is 7.61. The minimum Gasteiger partial charge on any atom is -0.313 e. The van der Waals surface area contributed by atoms with Crippen LogP contribution in [0.2, 0.25) is 0 Å². The summed E-state index contributed by atoms with van der Waals surface area (Å²) in [5.41, 5.74) is 0.850. The number of anilines is 1. The van der Waals surface area contributed by atoms with E-state index in [0.717, 1.165) is 29.7 Å². The molecule has 2 rings (SSSR count). The summed E-state index contributed by atoms with van der Waals surface area (Å²) >= 11 is 3.36. The van der Waals surface area contributed by atoms with Crippen LogP contribution in [0.25, 0.3) is 0 Å². The van der Waals surface area contributed by atoms with Crippen molar-refractivity contribution in [3.8, 4) is 0 Å². The van der Waals surface area contributed by atoms with Crippen molar-refractivity contribution in [1.82, 2.24) is 10.2 Å². The lowest BCUT2D eigenvalue weighted by molar-refractivity contribution is 0.540. The maximum Gasteiger partial charge on any atom is 0.303 e. The Morgan fingerprint density at radius 1 is 1.20 bits per heavy atom. The lowest BCUT2D eigenvalue weighted by Crippen LogP contribution is -2.34. The maximum absolute atomic E-state index is 12.1. The van der Waals surface area contributed by atoms with Gasteiger partial charge >= 0.3 is 7.59 Å². The van der Waals surface area contributed by atoms with E-state index >= 15 is 0 Å². The number of nitrogens with one attached hydrogen (secondary N) is 3. The molecule has 0 saturated carbocycles. The lowest BCUT2D eigenvalue weighted by atomic mass is 10.3. The zero-order valence-corrected chi connectivity index (χ0v) is 10.6. The van der Waals surface area contributed by atoms with Gasteiger partial charge in [-0.1, -0.05) is 15.9 Å². The number of halogens is 1. The summed E-state index contributed by atoms with van der Waals surface area (Å²) in [5.74, 6) is 0. The molecule has 82 valence electrons. The third-order valence-corrected chi connectivity index (χ3v) is 4.59. The van der Waals surface area contributed by atoms with Crippen molar-refractivity contribution in [1.29, 1.82) is 0 Å². The van der Waals surface area contributed by atoms with Crippen LogP contribution >= 0.6 is 23.5 Å². The second-order valence-electron chi connectivity index (χ2n) is 3.40. The van der Waals surface area contributed by atoms with Gasteiger partial charge in [-0.3, -0.25) is 4.57 Å². The molecule has 1 saturated heterocycles. The normalized spacial score (nSPS) is 19.8. The molecule has 1 aromatic carbocycles. The Hall–Kier alpha value is -0.350. The number of benzene rings is 1. The predicted molar refractivity (Wildman–Crippen MR) is 66.0 cm³/mol. The highest BCUT2D eigenvalue weighted by Crippen LogP contribution is 2.38. The van der Waals surface area contributed by atoms with Crippen LogP contribution < -0.4 is 15.3 Å². The minimum absolute atomic E-state index is 0.786. The highest BCUT2D eigenvalue weighted by atomic mass is 79.9. The zero-order valence-electron chi connectivity index (χ0n) is 8.16. The molecule has 0 amide bonds. The fraction of sp³-hybridized carbons (Fsp3) is 0.333. The lowest BCUT2D eigenvalue weighted by Gasteiger charge is -2.26. The quantitative estimate of drug-likeness (QED) is 0.733. The Kier molecular flexibility index (Phi) is 3.46. The van der Waals surface area contributed by atoms with Crippen molar-refractivity contribution in [2.75, 3.05) is 18.2 Å². The van der Waals surface area contributed by atoms with Gasteiger partial charge in [0.2, 0.25) is 0 Å². The molecule has 0 unspecified atom stereocenters. The van der Waals surface area contributed by atoms with Gasteiger partial charge in [-0.2, -0.15) is 0 Å². The van der Waals surface area contributed by atoms with Crippen LogP contribution in [0, 0.1) is 0 Å². The van der Waals surface area contributed by atoms with Gasteiger partial charge in [0, 0.05) is 23.2 Å². The Bertz CT molecular complexity index is 371. The second kappa shape index (κ2) is 4.66. The molecule has 0 bridgehead atoms. The fourth-order valence-corrected chi connectivity index (χ4v) is 3.40. The largest absolute Gasteiger partial charge is 0.313 e. The molecule has 6 heteroatoms. The molecule has 0 spiro atoms. The van der Waals surface area contributed by atoms with Gasteiger partial charge in [0.25, 0.3) is 0 Å². The van der Waals surface area contributed by atoms with E-state index in [0.29, 0.717) is 0 Å². The maximum atomic E-state index is 12.1. The smallest absolute Gasteiger partial charge is 0.303 e. The molecule has 0 radical (unpaired) electrons. The van der Waals surface area contributed by atoms with E-state index in [2.05, 4.69) is 31.2 Å². The minimum atomic E-state index is -2.62. The second-order valence-corrected chi connectivity index (χ2v) is 6.39. The first-order chi connectivity index (χ1) is 7.18. The van der Waals surface area contributed by atoms with E-state index < -0.39 is 7.59 Å². The Labute approximate surface area is 97.5 Å². The van der Waals surface area contributed by atoms with Crippen molar-refractivity contribution in [2.45, 2.75) is 6.42 Å².